The number of ether oxygens (including phenoxy) is 1. The Bertz CT molecular complexity index is 540. The summed E-state index contributed by atoms with van der Waals surface area (Å²) in [6.07, 6.45) is 2.23. The molecule has 1 atom stereocenters. The highest BCUT2D eigenvalue weighted by atomic mass is 32.2. The van der Waals surface area contributed by atoms with Crippen molar-refractivity contribution >= 4 is 27.5 Å². The highest BCUT2D eigenvalue weighted by molar-refractivity contribution is 8.00. The molecule has 7 heteroatoms. The zero-order valence-electron chi connectivity index (χ0n) is 10.8. The predicted octanol–water partition coefficient (Wildman–Crippen LogP) is 1.45. The molecule has 1 saturated heterocycles. The zero-order valence-corrected chi connectivity index (χ0v) is 12.4. The largest absolute Gasteiger partial charge is 0.495 e. The van der Waals surface area contributed by atoms with E-state index in [4.69, 9.17) is 10.5 Å². The first-order chi connectivity index (χ1) is 9.03. The molecule has 19 heavy (non-hydrogen) atoms. The zero-order chi connectivity index (χ0) is 13.9. The van der Waals surface area contributed by atoms with Gasteiger partial charge in [-0.3, -0.25) is 0 Å². The highest BCUT2D eigenvalue weighted by Gasteiger charge is 2.20. The molecule has 1 aliphatic heterocycles. The van der Waals surface area contributed by atoms with Gasteiger partial charge in [-0.2, -0.15) is 11.8 Å². The summed E-state index contributed by atoms with van der Waals surface area (Å²) in [7, 11) is -2.00. The summed E-state index contributed by atoms with van der Waals surface area (Å²) in [5, 5.41) is 0.380. The SMILES string of the molecule is COc1ccc(S(=O)(=O)NCC2CCCS2)cc1N. The summed E-state index contributed by atoms with van der Waals surface area (Å²) < 4.78 is 31.9. The second-order valence-corrected chi connectivity index (χ2v) is 7.57. The van der Waals surface area contributed by atoms with E-state index in [1.54, 1.807) is 6.07 Å². The topological polar surface area (TPSA) is 81.4 Å². The average molecular weight is 302 g/mol. The minimum Gasteiger partial charge on any atom is -0.495 e. The molecule has 0 radical (unpaired) electrons. The van der Waals surface area contributed by atoms with Crippen LogP contribution in [0, 0.1) is 0 Å². The van der Waals surface area contributed by atoms with Gasteiger partial charge in [0, 0.05) is 11.8 Å². The van der Waals surface area contributed by atoms with Crippen LogP contribution < -0.4 is 15.2 Å². The fourth-order valence-electron chi connectivity index (χ4n) is 1.97. The minimum atomic E-state index is -3.49. The van der Waals surface area contributed by atoms with E-state index in [0.29, 0.717) is 23.2 Å². The Morgan fingerprint density at radius 2 is 2.32 bits per heavy atom. The summed E-state index contributed by atoms with van der Waals surface area (Å²) in [5.74, 6) is 1.59. The molecule has 1 aromatic rings. The molecular weight excluding hydrogens is 284 g/mol. The maximum Gasteiger partial charge on any atom is 0.240 e. The lowest BCUT2D eigenvalue weighted by molar-refractivity contribution is 0.416. The number of nitrogens with one attached hydrogen (secondary N) is 1. The number of methoxy groups -OCH3 is 1. The summed E-state index contributed by atoms with van der Waals surface area (Å²) in [6, 6.07) is 4.48. The molecule has 106 valence electrons. The Kier molecular flexibility index (Phi) is 4.59. The third-order valence-corrected chi connectivity index (χ3v) is 5.86. The van der Waals surface area contributed by atoms with Crippen molar-refractivity contribution in [2.75, 3.05) is 25.1 Å². The van der Waals surface area contributed by atoms with E-state index in [2.05, 4.69) is 4.72 Å². The Morgan fingerprint density at radius 1 is 1.53 bits per heavy atom. The van der Waals surface area contributed by atoms with Crippen LogP contribution in [0.4, 0.5) is 5.69 Å². The van der Waals surface area contributed by atoms with Crippen LogP contribution in [-0.2, 0) is 10.0 Å². The van der Waals surface area contributed by atoms with Crippen molar-refractivity contribution < 1.29 is 13.2 Å². The summed E-state index contributed by atoms with van der Waals surface area (Å²) >= 11 is 1.82. The lowest BCUT2D eigenvalue weighted by atomic mass is 10.2. The normalized spacial score (nSPS) is 19.5. The van der Waals surface area contributed by atoms with Crippen molar-refractivity contribution in [1.82, 2.24) is 4.72 Å². The molecule has 1 unspecified atom stereocenters. The van der Waals surface area contributed by atoms with Gasteiger partial charge >= 0.3 is 0 Å². The van der Waals surface area contributed by atoms with E-state index in [1.165, 1.54) is 19.2 Å². The minimum absolute atomic E-state index is 0.175. The Balaban J connectivity index is 2.08. The number of rotatable bonds is 5. The van der Waals surface area contributed by atoms with Gasteiger partial charge in [-0.1, -0.05) is 0 Å². The number of anilines is 1. The number of nitrogens with two attached hydrogens (primary N) is 1. The smallest absolute Gasteiger partial charge is 0.240 e. The van der Waals surface area contributed by atoms with E-state index < -0.39 is 10.0 Å². The maximum absolute atomic E-state index is 12.1. The van der Waals surface area contributed by atoms with Crippen molar-refractivity contribution in [3.63, 3.8) is 0 Å². The van der Waals surface area contributed by atoms with Gasteiger partial charge in [0.15, 0.2) is 0 Å². The molecule has 0 bridgehead atoms. The lowest BCUT2D eigenvalue weighted by Gasteiger charge is -2.12. The molecule has 0 aromatic heterocycles. The van der Waals surface area contributed by atoms with E-state index in [-0.39, 0.29) is 4.90 Å². The van der Waals surface area contributed by atoms with Crippen LogP contribution in [0.2, 0.25) is 0 Å². The summed E-state index contributed by atoms with van der Waals surface area (Å²) in [6.45, 7) is 0.471. The third kappa shape index (κ3) is 3.55. The monoisotopic (exact) mass is 302 g/mol. The van der Waals surface area contributed by atoms with E-state index in [9.17, 15) is 8.42 Å². The first kappa shape index (κ1) is 14.5. The molecule has 0 saturated carbocycles. The Hall–Kier alpha value is -0.920. The van der Waals surface area contributed by atoms with Crippen LogP contribution in [0.3, 0.4) is 0 Å². The lowest BCUT2D eigenvalue weighted by Crippen LogP contribution is -2.29. The standard InChI is InChI=1S/C12H18N2O3S2/c1-17-12-5-4-10(7-11(12)13)19(15,16)14-8-9-3-2-6-18-9/h4-5,7,9,14H,2-3,6,8,13H2,1H3. The van der Waals surface area contributed by atoms with Crippen molar-refractivity contribution in [2.45, 2.75) is 23.0 Å². The van der Waals surface area contributed by atoms with Crippen LogP contribution >= 0.6 is 11.8 Å². The van der Waals surface area contributed by atoms with Crippen LogP contribution in [0.5, 0.6) is 5.75 Å². The van der Waals surface area contributed by atoms with E-state index in [0.717, 1.165) is 18.6 Å². The van der Waals surface area contributed by atoms with Gasteiger partial charge in [-0.05, 0) is 36.8 Å². The van der Waals surface area contributed by atoms with Crippen LogP contribution in [0.15, 0.2) is 23.1 Å². The molecule has 0 aliphatic carbocycles. The van der Waals surface area contributed by atoms with Gasteiger partial charge in [0.1, 0.15) is 5.75 Å². The molecule has 3 N–H and O–H groups in total. The van der Waals surface area contributed by atoms with Gasteiger partial charge in [-0.15, -0.1) is 0 Å². The fourth-order valence-corrected chi connectivity index (χ4v) is 4.39. The molecule has 1 heterocycles. The van der Waals surface area contributed by atoms with Crippen LogP contribution in [0.1, 0.15) is 12.8 Å². The summed E-state index contributed by atoms with van der Waals surface area (Å²) in [5.41, 5.74) is 6.05. The molecule has 2 rings (SSSR count). The third-order valence-electron chi connectivity index (χ3n) is 3.04. The number of hydrogen-bond donors (Lipinski definition) is 2. The first-order valence-electron chi connectivity index (χ1n) is 6.08. The van der Waals surface area contributed by atoms with Crippen molar-refractivity contribution in [3.05, 3.63) is 18.2 Å². The second kappa shape index (κ2) is 6.02. The molecule has 1 aromatic carbocycles. The molecule has 0 spiro atoms. The van der Waals surface area contributed by atoms with Crippen molar-refractivity contribution in [2.24, 2.45) is 0 Å². The van der Waals surface area contributed by atoms with Crippen molar-refractivity contribution in [1.29, 1.82) is 0 Å². The van der Waals surface area contributed by atoms with Gasteiger partial charge in [0.05, 0.1) is 17.7 Å². The Labute approximate surface area is 118 Å². The van der Waals surface area contributed by atoms with Gasteiger partial charge < -0.3 is 10.5 Å². The molecule has 0 amide bonds. The number of hydrogen-bond acceptors (Lipinski definition) is 5. The van der Waals surface area contributed by atoms with Crippen LogP contribution in [-0.4, -0.2) is 33.1 Å². The molecule has 1 fully saturated rings. The quantitative estimate of drug-likeness (QED) is 0.805. The molecule has 1 aliphatic rings. The highest BCUT2D eigenvalue weighted by Crippen LogP contribution is 2.27. The average Bonchev–Trinajstić information content (AvgIpc) is 2.89. The van der Waals surface area contributed by atoms with E-state index >= 15 is 0 Å². The molecular formula is C12H18N2O3S2. The number of nitrogen functional groups attached to an aromatic ring is 1. The summed E-state index contributed by atoms with van der Waals surface area (Å²) in [4.78, 5) is 0.175. The number of thioether (sulfide) groups is 1. The Morgan fingerprint density at radius 3 is 2.89 bits per heavy atom. The first-order valence-corrected chi connectivity index (χ1v) is 8.61. The van der Waals surface area contributed by atoms with Gasteiger partial charge in [0.25, 0.3) is 0 Å². The number of sulfonamides is 1. The molecule has 5 nitrogen and oxygen atoms in total. The maximum atomic E-state index is 12.1. The van der Waals surface area contributed by atoms with Crippen LogP contribution in [0.25, 0.3) is 0 Å². The number of benzene rings is 1. The van der Waals surface area contributed by atoms with Gasteiger partial charge in [0.2, 0.25) is 10.0 Å². The van der Waals surface area contributed by atoms with E-state index in [1.807, 2.05) is 11.8 Å². The second-order valence-electron chi connectivity index (χ2n) is 4.39. The predicted molar refractivity (Wildman–Crippen MR) is 78.1 cm³/mol. The van der Waals surface area contributed by atoms with Crippen molar-refractivity contribution in [3.8, 4) is 5.75 Å². The fraction of sp³-hybridized carbons (Fsp3) is 0.500. The van der Waals surface area contributed by atoms with Gasteiger partial charge in [-0.25, -0.2) is 13.1 Å².